The quantitative estimate of drug-likeness (QED) is 0.0684. The molecule has 0 fully saturated rings. The molecule has 316 valence electrons. The van der Waals surface area contributed by atoms with E-state index >= 15 is 0 Å². The molecule has 0 aliphatic heterocycles. The van der Waals surface area contributed by atoms with Gasteiger partial charge >= 0.3 is 0 Å². The van der Waals surface area contributed by atoms with Gasteiger partial charge in [-0.3, -0.25) is 19.4 Å². The molecule has 4 aromatic heterocycles. The number of benzene rings is 2. The number of hydrogen-bond donors (Lipinski definition) is 4. The summed E-state index contributed by atoms with van der Waals surface area (Å²) in [6.45, 7) is 0. The number of hydrogen-bond acceptors (Lipinski definition) is 16. The second kappa shape index (κ2) is 21.5. The predicted molar refractivity (Wildman–Crippen MR) is 232 cm³/mol. The molecule has 0 saturated heterocycles. The zero-order valence-corrected chi connectivity index (χ0v) is 37.3. The summed E-state index contributed by atoms with van der Waals surface area (Å²) >= 11 is 26.3. The smallest absolute Gasteiger partial charge is 0.264 e. The van der Waals surface area contributed by atoms with Crippen LogP contribution in [0.1, 0.15) is 23.5 Å². The first-order valence-corrected chi connectivity index (χ1v) is 23.3. The van der Waals surface area contributed by atoms with Crippen LogP contribution in [-0.2, 0) is 20.0 Å². The number of sulfonamides is 2. The molecule has 0 saturated carbocycles. The van der Waals surface area contributed by atoms with E-state index in [-0.39, 0.29) is 59.0 Å². The normalized spacial score (nSPS) is 12.4. The monoisotopic (exact) mass is 972 g/mol. The van der Waals surface area contributed by atoms with E-state index in [9.17, 15) is 27.0 Å². The van der Waals surface area contributed by atoms with E-state index in [0.717, 1.165) is 5.56 Å². The number of halogens is 4. The number of aromatic nitrogens is 6. The van der Waals surface area contributed by atoms with Crippen LogP contribution in [0.4, 0.5) is 11.6 Å². The van der Waals surface area contributed by atoms with Gasteiger partial charge in [-0.2, -0.15) is 0 Å². The Morgan fingerprint density at radius 3 is 1.57 bits per heavy atom. The lowest BCUT2D eigenvalue weighted by Crippen LogP contribution is -2.16. The Bertz CT molecular complexity index is 2450. The fourth-order valence-electron chi connectivity index (χ4n) is 4.69. The molecule has 16 nitrogen and oxygen atoms in total. The summed E-state index contributed by atoms with van der Waals surface area (Å²) in [6, 6.07) is 17.2. The molecule has 6 aromatic rings. The second-order valence-electron chi connectivity index (χ2n) is 11.6. The first-order valence-electron chi connectivity index (χ1n) is 16.8. The summed E-state index contributed by atoms with van der Waals surface area (Å²) in [4.78, 5) is 24.3. The Hall–Kier alpha value is -4.22. The van der Waals surface area contributed by atoms with Crippen molar-refractivity contribution >= 4 is 102 Å². The summed E-state index contributed by atoms with van der Waals surface area (Å²) in [5.41, 5.74) is 1.26. The van der Waals surface area contributed by atoms with E-state index in [1.54, 1.807) is 48.9 Å². The van der Waals surface area contributed by atoms with Gasteiger partial charge in [0.05, 0.1) is 58.5 Å². The zero-order chi connectivity index (χ0) is 43.5. The van der Waals surface area contributed by atoms with E-state index < -0.39 is 32.3 Å². The number of anilines is 2. The van der Waals surface area contributed by atoms with Gasteiger partial charge in [-0.1, -0.05) is 64.6 Å². The minimum atomic E-state index is -4.08. The lowest BCUT2D eigenvalue weighted by molar-refractivity contribution is 0.199. The third-order valence-corrected chi connectivity index (χ3v) is 14.2. The van der Waals surface area contributed by atoms with Crippen LogP contribution in [0.5, 0.6) is 11.8 Å². The number of methoxy groups -OCH3 is 2. The third-order valence-electron chi connectivity index (χ3n) is 7.60. The maximum absolute atomic E-state index is 12.7. The number of pyridine rings is 2. The van der Waals surface area contributed by atoms with Crippen LogP contribution in [0.2, 0.25) is 20.1 Å². The van der Waals surface area contributed by atoms with Crippen molar-refractivity contribution in [1.82, 2.24) is 29.9 Å². The number of thioether (sulfide) groups is 2. The molecule has 0 amide bonds. The molecule has 2 aromatic carbocycles. The third kappa shape index (κ3) is 12.4. The summed E-state index contributed by atoms with van der Waals surface area (Å²) in [5.74, 6) is 0.313. The first-order chi connectivity index (χ1) is 28.6. The number of ether oxygens (including phenoxy) is 2. The van der Waals surface area contributed by atoms with Crippen LogP contribution >= 0.6 is 69.9 Å². The van der Waals surface area contributed by atoms with Crippen LogP contribution < -0.4 is 18.9 Å². The zero-order valence-electron chi connectivity index (χ0n) is 31.0. The van der Waals surface area contributed by atoms with Crippen molar-refractivity contribution in [3.63, 3.8) is 0 Å². The van der Waals surface area contributed by atoms with Crippen molar-refractivity contribution in [3.8, 4) is 11.8 Å². The van der Waals surface area contributed by atoms with E-state index in [0.29, 0.717) is 21.5 Å². The van der Waals surface area contributed by atoms with Crippen LogP contribution in [0, 0.1) is 0 Å². The Kier molecular flexibility index (Phi) is 16.8. The highest BCUT2D eigenvalue weighted by atomic mass is 35.5. The van der Waals surface area contributed by atoms with Crippen molar-refractivity contribution in [2.24, 2.45) is 0 Å². The Labute approximate surface area is 373 Å². The van der Waals surface area contributed by atoms with Gasteiger partial charge in [-0.25, -0.2) is 36.8 Å². The molecule has 2 unspecified atom stereocenters. The van der Waals surface area contributed by atoms with E-state index in [1.807, 2.05) is 0 Å². The van der Waals surface area contributed by atoms with E-state index in [4.69, 9.17) is 55.9 Å². The highest BCUT2D eigenvalue weighted by molar-refractivity contribution is 7.99. The lowest BCUT2D eigenvalue weighted by Gasteiger charge is -2.13. The number of nitrogens with zero attached hydrogens (tertiary/aromatic N) is 6. The van der Waals surface area contributed by atoms with E-state index in [2.05, 4.69) is 39.3 Å². The molecule has 0 bridgehead atoms. The molecule has 4 N–H and O–H groups in total. The standard InChI is InChI=1S/2C18H16Cl2N4O4S2/c1-28-18-17(24-30(26,27)14-7-4-5-11(19)16(14)20)22-9-15(23-18)29-10-13(25)12-6-2-3-8-21-12;1-28-18-17(24-30(26,27)14-4-2-3-12(19)16(14)20)22-9-15(23-18)29-10-13(25)11-5-7-21-8-6-11/h2*2-9,13,25H,10H2,1H3,(H,22,24). The topological polar surface area (TPSA) is 229 Å². The van der Waals surface area contributed by atoms with E-state index in [1.165, 1.54) is 86.5 Å². The Morgan fingerprint density at radius 1 is 0.633 bits per heavy atom. The van der Waals surface area contributed by atoms with Crippen LogP contribution in [0.15, 0.2) is 118 Å². The lowest BCUT2D eigenvalue weighted by atomic mass is 10.2. The maximum Gasteiger partial charge on any atom is 0.264 e. The number of aliphatic hydroxyl groups excluding tert-OH is 2. The van der Waals surface area contributed by atoms with Gasteiger partial charge in [-0.15, -0.1) is 23.5 Å². The van der Waals surface area contributed by atoms with Crippen molar-refractivity contribution in [2.75, 3.05) is 35.2 Å². The van der Waals surface area contributed by atoms with Crippen LogP contribution in [-0.4, -0.2) is 82.7 Å². The number of nitrogens with one attached hydrogen (secondary N) is 2. The van der Waals surface area contributed by atoms with Gasteiger partial charge < -0.3 is 19.7 Å². The predicted octanol–water partition coefficient (Wildman–Crippen LogP) is 7.63. The van der Waals surface area contributed by atoms with Gasteiger partial charge in [0.25, 0.3) is 31.8 Å². The van der Waals surface area contributed by atoms with Gasteiger partial charge in [0.15, 0.2) is 0 Å². The fraction of sp³-hybridized carbons (Fsp3) is 0.167. The maximum atomic E-state index is 12.7. The highest BCUT2D eigenvalue weighted by Gasteiger charge is 2.25. The largest absolute Gasteiger partial charge is 0.478 e. The molecule has 0 aliphatic carbocycles. The van der Waals surface area contributed by atoms with Gasteiger partial charge in [0, 0.05) is 30.1 Å². The summed E-state index contributed by atoms with van der Waals surface area (Å²) in [5, 5.41) is 21.4. The van der Waals surface area contributed by atoms with Crippen molar-refractivity contribution < 1.29 is 36.5 Å². The van der Waals surface area contributed by atoms with Gasteiger partial charge in [0.2, 0.25) is 11.6 Å². The SMILES string of the molecule is COc1nc(SCC(O)c2ccccn2)cnc1NS(=O)(=O)c1cccc(Cl)c1Cl.COc1nc(SCC(O)c2ccncc2)cnc1NS(=O)(=O)c1cccc(Cl)c1Cl. The molecule has 2 atom stereocenters. The molecular formula is C36H32Cl4N8O8S4. The van der Waals surface area contributed by atoms with Crippen LogP contribution in [0.3, 0.4) is 0 Å². The molecule has 60 heavy (non-hydrogen) atoms. The average molecular weight is 975 g/mol. The average Bonchev–Trinajstić information content (AvgIpc) is 3.25. The van der Waals surface area contributed by atoms with Crippen molar-refractivity contribution in [3.05, 3.63) is 129 Å². The van der Waals surface area contributed by atoms with Gasteiger partial charge in [-0.05, 0) is 54.1 Å². The number of rotatable bonds is 16. The number of aliphatic hydroxyl groups is 2. The summed E-state index contributed by atoms with van der Waals surface area (Å²) in [7, 11) is -5.47. The Morgan fingerprint density at radius 2 is 1.12 bits per heavy atom. The van der Waals surface area contributed by atoms with Crippen molar-refractivity contribution in [1.29, 1.82) is 0 Å². The molecule has 4 heterocycles. The Balaban J connectivity index is 0.000000228. The fourth-order valence-corrected chi connectivity index (χ4v) is 9.80. The molecular weight excluding hydrogens is 943 g/mol. The van der Waals surface area contributed by atoms with Crippen molar-refractivity contribution in [2.45, 2.75) is 32.1 Å². The van der Waals surface area contributed by atoms with Crippen LogP contribution in [0.25, 0.3) is 0 Å². The molecule has 6 rings (SSSR count). The molecule has 0 aliphatic rings. The van der Waals surface area contributed by atoms with Gasteiger partial charge in [0.1, 0.15) is 25.9 Å². The minimum Gasteiger partial charge on any atom is -0.478 e. The second-order valence-corrected chi connectivity index (χ2v) is 18.6. The first kappa shape index (κ1) is 46.8. The molecule has 0 spiro atoms. The summed E-state index contributed by atoms with van der Waals surface area (Å²) in [6.07, 6.45) is 6.01. The molecule has 0 radical (unpaired) electrons. The minimum absolute atomic E-state index is 0.0277. The molecule has 24 heteroatoms. The summed E-state index contributed by atoms with van der Waals surface area (Å²) < 4.78 is 65.7. The highest BCUT2D eigenvalue weighted by Crippen LogP contribution is 2.34.